The summed E-state index contributed by atoms with van der Waals surface area (Å²) >= 11 is 3.15. The van der Waals surface area contributed by atoms with Crippen molar-refractivity contribution in [1.82, 2.24) is 5.32 Å². The Morgan fingerprint density at radius 1 is 1.22 bits per heavy atom. The highest BCUT2D eigenvalue weighted by Gasteiger charge is 2.66. The minimum Gasteiger partial charge on any atom is -0.481 e. The quantitative estimate of drug-likeness (QED) is 0.747. The summed E-state index contributed by atoms with van der Waals surface area (Å²) in [5.74, 6) is -2.64. The summed E-state index contributed by atoms with van der Waals surface area (Å²) in [5, 5.41) is 11.9. The molecule has 2 atom stereocenters. The Morgan fingerprint density at radius 2 is 1.78 bits per heavy atom. The zero-order chi connectivity index (χ0) is 17.0. The number of hydrogen-bond acceptors (Lipinski definition) is 4. The molecule has 3 rings (SSSR count). The highest BCUT2D eigenvalue weighted by Crippen LogP contribution is 2.49. The van der Waals surface area contributed by atoms with Gasteiger partial charge in [0.05, 0.1) is 5.92 Å². The standard InChI is InChI=1S/C13H10BrF4NO4/c14-7-3-10-9(22-12(15,16)13(17,18)23-10)2-6(7)8-1-5(4-19-8)11(20)21/h2-3,5,8,19H,1,4H2,(H,20,21). The van der Waals surface area contributed by atoms with Gasteiger partial charge in [0, 0.05) is 17.1 Å². The molecule has 0 radical (unpaired) electrons. The molecule has 2 aliphatic heterocycles. The summed E-state index contributed by atoms with van der Waals surface area (Å²) in [5.41, 5.74) is 0.428. The number of halogens is 5. The van der Waals surface area contributed by atoms with Crippen molar-refractivity contribution in [3.8, 4) is 11.5 Å². The molecule has 5 nitrogen and oxygen atoms in total. The van der Waals surface area contributed by atoms with Crippen LogP contribution in [0.2, 0.25) is 0 Å². The zero-order valence-electron chi connectivity index (χ0n) is 11.3. The second kappa shape index (κ2) is 5.23. The van der Waals surface area contributed by atoms with E-state index in [-0.39, 0.29) is 13.0 Å². The summed E-state index contributed by atoms with van der Waals surface area (Å²) < 4.78 is 61.2. The van der Waals surface area contributed by atoms with Gasteiger partial charge in [0.2, 0.25) is 0 Å². The molecule has 0 spiro atoms. The largest absolute Gasteiger partial charge is 0.507 e. The van der Waals surface area contributed by atoms with E-state index in [1.807, 2.05) is 0 Å². The molecule has 2 N–H and O–H groups in total. The van der Waals surface area contributed by atoms with Crippen molar-refractivity contribution >= 4 is 21.9 Å². The van der Waals surface area contributed by atoms with Gasteiger partial charge in [-0.3, -0.25) is 4.79 Å². The van der Waals surface area contributed by atoms with Crippen LogP contribution in [0, 0.1) is 5.92 Å². The summed E-state index contributed by atoms with van der Waals surface area (Å²) in [4.78, 5) is 11.0. The molecule has 0 amide bonds. The van der Waals surface area contributed by atoms with E-state index >= 15 is 0 Å². The van der Waals surface area contributed by atoms with E-state index in [0.29, 0.717) is 10.0 Å². The Labute approximate surface area is 135 Å². The minimum absolute atomic E-state index is 0.217. The lowest BCUT2D eigenvalue weighted by atomic mass is 9.99. The number of rotatable bonds is 2. The Morgan fingerprint density at radius 3 is 2.30 bits per heavy atom. The maximum atomic E-state index is 13.2. The first kappa shape index (κ1) is 16.3. The summed E-state index contributed by atoms with van der Waals surface area (Å²) in [6, 6.07) is 1.81. The molecule has 0 saturated carbocycles. The number of ether oxygens (including phenoxy) is 2. The molecule has 2 heterocycles. The van der Waals surface area contributed by atoms with Crippen LogP contribution < -0.4 is 14.8 Å². The third kappa shape index (κ3) is 2.74. The van der Waals surface area contributed by atoms with Crippen LogP contribution >= 0.6 is 15.9 Å². The van der Waals surface area contributed by atoms with E-state index < -0.39 is 41.6 Å². The lowest BCUT2D eigenvalue weighted by molar-refractivity contribution is -0.391. The molecule has 2 unspecified atom stereocenters. The van der Waals surface area contributed by atoms with Gasteiger partial charge in [-0.15, -0.1) is 0 Å². The Kier molecular flexibility index (Phi) is 3.71. The van der Waals surface area contributed by atoms with Gasteiger partial charge in [0.15, 0.2) is 11.5 Å². The van der Waals surface area contributed by atoms with Crippen LogP contribution in [-0.2, 0) is 4.79 Å². The van der Waals surface area contributed by atoms with Crippen LogP contribution in [0.1, 0.15) is 18.0 Å². The molecule has 0 aromatic heterocycles. The minimum atomic E-state index is -4.79. The van der Waals surface area contributed by atoms with Gasteiger partial charge in [0.25, 0.3) is 0 Å². The van der Waals surface area contributed by atoms with Crippen LogP contribution in [0.15, 0.2) is 16.6 Å². The molecule has 1 aromatic rings. The predicted octanol–water partition coefficient (Wildman–Crippen LogP) is 3.14. The van der Waals surface area contributed by atoms with Gasteiger partial charge in [-0.05, 0) is 24.1 Å². The lowest BCUT2D eigenvalue weighted by Gasteiger charge is -2.32. The number of alkyl halides is 4. The van der Waals surface area contributed by atoms with Crippen LogP contribution in [0.4, 0.5) is 17.6 Å². The number of benzene rings is 1. The normalized spacial score (nSPS) is 27.7. The summed E-state index contributed by atoms with van der Waals surface area (Å²) in [6.07, 6.45) is -9.33. The highest BCUT2D eigenvalue weighted by atomic mass is 79.9. The van der Waals surface area contributed by atoms with Gasteiger partial charge in [0.1, 0.15) is 0 Å². The number of carboxylic acids is 1. The topological polar surface area (TPSA) is 67.8 Å². The maximum Gasteiger partial charge on any atom is 0.507 e. The van der Waals surface area contributed by atoms with E-state index in [9.17, 15) is 22.4 Å². The van der Waals surface area contributed by atoms with E-state index in [2.05, 4.69) is 30.7 Å². The zero-order valence-corrected chi connectivity index (χ0v) is 12.9. The van der Waals surface area contributed by atoms with E-state index in [1.54, 1.807) is 0 Å². The van der Waals surface area contributed by atoms with Crippen LogP contribution in [0.3, 0.4) is 0 Å². The molecule has 126 valence electrons. The fourth-order valence-corrected chi connectivity index (χ4v) is 3.13. The fraction of sp³-hybridized carbons (Fsp3) is 0.462. The van der Waals surface area contributed by atoms with Gasteiger partial charge in [-0.1, -0.05) is 15.9 Å². The molecule has 10 heteroatoms. The third-order valence-electron chi connectivity index (χ3n) is 3.73. The van der Waals surface area contributed by atoms with Crippen molar-refractivity contribution in [2.45, 2.75) is 24.7 Å². The van der Waals surface area contributed by atoms with Crippen LogP contribution in [0.5, 0.6) is 11.5 Å². The fourth-order valence-electron chi connectivity index (χ4n) is 2.53. The van der Waals surface area contributed by atoms with Crippen molar-refractivity contribution in [1.29, 1.82) is 0 Å². The van der Waals surface area contributed by atoms with Crippen molar-refractivity contribution in [2.75, 3.05) is 6.54 Å². The smallest absolute Gasteiger partial charge is 0.481 e. The lowest BCUT2D eigenvalue weighted by Crippen LogP contribution is -2.52. The number of nitrogens with one attached hydrogen (secondary N) is 1. The van der Waals surface area contributed by atoms with Gasteiger partial charge in [-0.25, -0.2) is 0 Å². The molecule has 0 bridgehead atoms. The van der Waals surface area contributed by atoms with Gasteiger partial charge >= 0.3 is 18.2 Å². The van der Waals surface area contributed by atoms with E-state index in [1.165, 1.54) is 0 Å². The molecule has 23 heavy (non-hydrogen) atoms. The molecule has 1 saturated heterocycles. The first-order chi connectivity index (χ1) is 10.6. The number of carbonyl (C=O) groups is 1. The van der Waals surface area contributed by atoms with Gasteiger partial charge < -0.3 is 19.9 Å². The van der Waals surface area contributed by atoms with Crippen molar-refractivity contribution in [2.24, 2.45) is 5.92 Å². The molecule has 1 aromatic carbocycles. The number of fused-ring (bicyclic) bond motifs is 1. The molecular formula is C13H10BrF4NO4. The van der Waals surface area contributed by atoms with Crippen LogP contribution in [-0.4, -0.2) is 29.8 Å². The summed E-state index contributed by atoms with van der Waals surface area (Å²) in [6.45, 7) is 0.217. The average Bonchev–Trinajstić information content (AvgIpc) is 2.89. The molecular weight excluding hydrogens is 390 g/mol. The average molecular weight is 400 g/mol. The Hall–Kier alpha value is -1.55. The van der Waals surface area contributed by atoms with Crippen molar-refractivity contribution < 1.29 is 36.9 Å². The second-order valence-corrected chi connectivity index (χ2v) is 6.14. The maximum absolute atomic E-state index is 13.2. The highest BCUT2D eigenvalue weighted by molar-refractivity contribution is 9.10. The van der Waals surface area contributed by atoms with Crippen LogP contribution in [0.25, 0.3) is 0 Å². The SMILES string of the molecule is O=C(O)C1CNC(c2cc3c(cc2Br)OC(F)(F)C(F)(F)O3)C1. The Balaban J connectivity index is 1.93. The van der Waals surface area contributed by atoms with E-state index in [0.717, 1.165) is 12.1 Å². The van der Waals surface area contributed by atoms with Gasteiger partial charge in [-0.2, -0.15) is 17.6 Å². The molecule has 2 aliphatic rings. The number of carboxylic acid groups (broad SMARTS) is 1. The first-order valence-electron chi connectivity index (χ1n) is 6.54. The number of aliphatic carboxylic acids is 1. The number of hydrogen-bond donors (Lipinski definition) is 2. The molecule has 1 fully saturated rings. The van der Waals surface area contributed by atoms with Crippen molar-refractivity contribution in [3.05, 3.63) is 22.2 Å². The summed E-state index contributed by atoms with van der Waals surface area (Å²) in [7, 11) is 0. The third-order valence-corrected chi connectivity index (χ3v) is 4.42. The Bertz CT molecular complexity index is 670. The monoisotopic (exact) mass is 399 g/mol. The second-order valence-electron chi connectivity index (χ2n) is 5.29. The first-order valence-corrected chi connectivity index (χ1v) is 7.33. The molecule has 0 aliphatic carbocycles. The van der Waals surface area contributed by atoms with Crippen molar-refractivity contribution in [3.63, 3.8) is 0 Å². The van der Waals surface area contributed by atoms with E-state index in [4.69, 9.17) is 5.11 Å². The predicted molar refractivity (Wildman–Crippen MR) is 71.8 cm³/mol.